The van der Waals surface area contributed by atoms with Crippen molar-refractivity contribution in [3.05, 3.63) is 11.4 Å². The topological polar surface area (TPSA) is 96.2 Å². The molecule has 0 aliphatic carbocycles. The van der Waals surface area contributed by atoms with Gasteiger partial charge in [0.05, 0.1) is 0 Å². The number of nitrogen functional groups attached to an aromatic ring is 1. The first kappa shape index (κ1) is 14.5. The van der Waals surface area contributed by atoms with Crippen LogP contribution in [0.3, 0.4) is 0 Å². The van der Waals surface area contributed by atoms with Crippen LogP contribution in [-0.4, -0.2) is 35.0 Å². The molecular formula is C13H22N6O. The fourth-order valence-electron chi connectivity index (χ4n) is 2.59. The van der Waals surface area contributed by atoms with Crippen molar-refractivity contribution >= 4 is 17.5 Å². The Kier molecular flexibility index (Phi) is 4.39. The summed E-state index contributed by atoms with van der Waals surface area (Å²) in [5, 5.41) is 2.97. The van der Waals surface area contributed by atoms with Gasteiger partial charge in [0.2, 0.25) is 5.91 Å². The molecule has 1 amide bonds. The van der Waals surface area contributed by atoms with E-state index in [0.717, 1.165) is 37.3 Å². The van der Waals surface area contributed by atoms with E-state index in [1.807, 2.05) is 13.8 Å². The van der Waals surface area contributed by atoms with E-state index in [0.29, 0.717) is 11.6 Å². The molecule has 4 N–H and O–H groups in total. The van der Waals surface area contributed by atoms with Crippen LogP contribution in [0.2, 0.25) is 0 Å². The highest BCUT2D eigenvalue weighted by molar-refractivity contribution is 5.73. The Morgan fingerprint density at radius 2 is 1.95 bits per heavy atom. The van der Waals surface area contributed by atoms with Crippen molar-refractivity contribution in [2.45, 2.75) is 39.7 Å². The second-order valence-corrected chi connectivity index (χ2v) is 5.17. The van der Waals surface area contributed by atoms with Gasteiger partial charge in [-0.15, -0.1) is 0 Å². The maximum Gasteiger partial charge on any atom is 0.217 e. The third kappa shape index (κ3) is 3.16. The fraction of sp³-hybridized carbons (Fsp3) is 0.615. The van der Waals surface area contributed by atoms with E-state index in [2.05, 4.69) is 25.6 Å². The summed E-state index contributed by atoms with van der Waals surface area (Å²) in [6.45, 7) is 7.11. The molecule has 0 aromatic carbocycles. The Labute approximate surface area is 118 Å². The van der Waals surface area contributed by atoms with Crippen molar-refractivity contribution in [2.24, 2.45) is 5.84 Å². The number of aromatic nitrogens is 2. The molecule has 0 unspecified atom stereocenters. The molecule has 0 atom stereocenters. The lowest BCUT2D eigenvalue weighted by atomic mass is 10.0. The van der Waals surface area contributed by atoms with Crippen LogP contribution in [0.25, 0.3) is 0 Å². The van der Waals surface area contributed by atoms with Gasteiger partial charge in [0.1, 0.15) is 17.5 Å². The number of piperidine rings is 1. The van der Waals surface area contributed by atoms with Gasteiger partial charge in [-0.2, -0.15) is 0 Å². The number of rotatable bonds is 3. The molecule has 1 saturated heterocycles. The Bertz CT molecular complexity index is 496. The molecule has 2 rings (SSSR count). The molecule has 1 aromatic rings. The van der Waals surface area contributed by atoms with E-state index < -0.39 is 0 Å². The van der Waals surface area contributed by atoms with Gasteiger partial charge < -0.3 is 15.6 Å². The molecule has 0 saturated carbocycles. The number of hydrazine groups is 1. The van der Waals surface area contributed by atoms with Crippen LogP contribution in [0, 0.1) is 13.8 Å². The van der Waals surface area contributed by atoms with Crippen LogP contribution in [0.15, 0.2) is 0 Å². The van der Waals surface area contributed by atoms with Gasteiger partial charge in [-0.1, -0.05) is 0 Å². The fourth-order valence-corrected chi connectivity index (χ4v) is 2.59. The highest BCUT2D eigenvalue weighted by Crippen LogP contribution is 2.25. The van der Waals surface area contributed by atoms with Gasteiger partial charge >= 0.3 is 0 Å². The first-order chi connectivity index (χ1) is 9.51. The number of nitrogens with one attached hydrogen (secondary N) is 2. The van der Waals surface area contributed by atoms with Crippen molar-refractivity contribution < 1.29 is 4.79 Å². The molecule has 0 bridgehead atoms. The highest BCUT2D eigenvalue weighted by Gasteiger charge is 2.23. The monoisotopic (exact) mass is 278 g/mol. The van der Waals surface area contributed by atoms with E-state index in [-0.39, 0.29) is 11.9 Å². The second kappa shape index (κ2) is 6.04. The number of nitrogens with two attached hydrogens (primary N) is 1. The van der Waals surface area contributed by atoms with Crippen molar-refractivity contribution in [3.63, 3.8) is 0 Å². The van der Waals surface area contributed by atoms with Crippen molar-refractivity contribution in [2.75, 3.05) is 23.4 Å². The number of carbonyl (C=O) groups excluding carboxylic acids is 1. The van der Waals surface area contributed by atoms with Crippen LogP contribution < -0.4 is 21.5 Å². The maximum atomic E-state index is 11.1. The largest absolute Gasteiger partial charge is 0.356 e. The zero-order chi connectivity index (χ0) is 14.7. The van der Waals surface area contributed by atoms with E-state index in [9.17, 15) is 4.79 Å². The minimum atomic E-state index is 0.0344. The van der Waals surface area contributed by atoms with Gasteiger partial charge in [-0.05, 0) is 26.7 Å². The molecule has 1 aromatic heterocycles. The molecule has 1 aliphatic heterocycles. The minimum Gasteiger partial charge on any atom is -0.356 e. The lowest BCUT2D eigenvalue weighted by molar-refractivity contribution is -0.119. The Hall–Kier alpha value is -1.89. The first-order valence-electron chi connectivity index (χ1n) is 6.85. The number of carbonyl (C=O) groups is 1. The van der Waals surface area contributed by atoms with Crippen molar-refractivity contribution in [1.29, 1.82) is 0 Å². The summed E-state index contributed by atoms with van der Waals surface area (Å²) in [4.78, 5) is 22.1. The van der Waals surface area contributed by atoms with E-state index in [1.54, 1.807) is 6.92 Å². The number of amides is 1. The molecule has 0 spiro atoms. The summed E-state index contributed by atoms with van der Waals surface area (Å²) in [7, 11) is 0. The molecule has 7 heteroatoms. The minimum absolute atomic E-state index is 0.0344. The standard InChI is InChI=1S/C13H22N6O/c1-8-12(18-14)15-9(2)16-13(8)19-6-4-11(5-7-19)17-10(3)20/h11H,4-7,14H2,1-3H3,(H,17,20)(H,15,16,18). The number of nitrogens with zero attached hydrogens (tertiary/aromatic N) is 3. The van der Waals surface area contributed by atoms with Crippen LogP contribution in [-0.2, 0) is 4.79 Å². The molecule has 110 valence electrons. The Morgan fingerprint density at radius 1 is 1.30 bits per heavy atom. The average molecular weight is 278 g/mol. The number of aryl methyl sites for hydroxylation is 1. The Balaban J connectivity index is 2.10. The molecule has 0 radical (unpaired) electrons. The molecule has 20 heavy (non-hydrogen) atoms. The Morgan fingerprint density at radius 3 is 2.50 bits per heavy atom. The maximum absolute atomic E-state index is 11.1. The third-order valence-corrected chi connectivity index (χ3v) is 3.57. The van der Waals surface area contributed by atoms with Crippen LogP contribution in [0.1, 0.15) is 31.2 Å². The lowest BCUT2D eigenvalue weighted by Crippen LogP contribution is -2.44. The van der Waals surface area contributed by atoms with Gasteiger partial charge in [-0.25, -0.2) is 15.8 Å². The SMILES string of the molecule is CC(=O)NC1CCN(c2nc(C)nc(NN)c2C)CC1. The molecular weight excluding hydrogens is 256 g/mol. The third-order valence-electron chi connectivity index (χ3n) is 3.57. The number of hydrogen-bond acceptors (Lipinski definition) is 6. The normalized spacial score (nSPS) is 16.1. The predicted molar refractivity (Wildman–Crippen MR) is 78.4 cm³/mol. The van der Waals surface area contributed by atoms with E-state index in [4.69, 9.17) is 5.84 Å². The summed E-state index contributed by atoms with van der Waals surface area (Å²) in [5.74, 6) is 7.81. The number of hydrogen-bond donors (Lipinski definition) is 3. The van der Waals surface area contributed by atoms with Crippen LogP contribution in [0.4, 0.5) is 11.6 Å². The smallest absolute Gasteiger partial charge is 0.217 e. The van der Waals surface area contributed by atoms with E-state index >= 15 is 0 Å². The van der Waals surface area contributed by atoms with Gasteiger partial charge in [0.25, 0.3) is 0 Å². The number of anilines is 2. The molecule has 7 nitrogen and oxygen atoms in total. The van der Waals surface area contributed by atoms with E-state index in [1.165, 1.54) is 0 Å². The zero-order valence-electron chi connectivity index (χ0n) is 12.2. The lowest BCUT2D eigenvalue weighted by Gasteiger charge is -2.34. The van der Waals surface area contributed by atoms with Crippen LogP contribution >= 0.6 is 0 Å². The van der Waals surface area contributed by atoms with Crippen molar-refractivity contribution in [3.8, 4) is 0 Å². The molecule has 2 heterocycles. The molecule has 1 fully saturated rings. The highest BCUT2D eigenvalue weighted by atomic mass is 16.1. The summed E-state index contributed by atoms with van der Waals surface area (Å²) < 4.78 is 0. The van der Waals surface area contributed by atoms with Gasteiger partial charge in [0, 0.05) is 31.6 Å². The summed E-state index contributed by atoms with van der Waals surface area (Å²) >= 11 is 0. The summed E-state index contributed by atoms with van der Waals surface area (Å²) in [6.07, 6.45) is 1.85. The first-order valence-corrected chi connectivity index (χ1v) is 6.85. The zero-order valence-corrected chi connectivity index (χ0v) is 12.2. The van der Waals surface area contributed by atoms with Gasteiger partial charge in [0.15, 0.2) is 0 Å². The van der Waals surface area contributed by atoms with Gasteiger partial charge in [-0.3, -0.25) is 4.79 Å². The van der Waals surface area contributed by atoms with Crippen molar-refractivity contribution in [1.82, 2.24) is 15.3 Å². The quantitative estimate of drug-likeness (QED) is 0.550. The second-order valence-electron chi connectivity index (χ2n) is 5.17. The predicted octanol–water partition coefficient (Wildman–Crippen LogP) is 0.484. The van der Waals surface area contributed by atoms with Crippen LogP contribution in [0.5, 0.6) is 0 Å². The average Bonchev–Trinajstić information content (AvgIpc) is 2.41. The summed E-state index contributed by atoms with van der Waals surface area (Å²) in [5.41, 5.74) is 3.57. The summed E-state index contributed by atoms with van der Waals surface area (Å²) in [6, 6.07) is 0.263. The molecule has 1 aliphatic rings.